The molecule has 1 aliphatic carbocycles. The molecule has 3 nitrogen and oxygen atoms in total. The summed E-state index contributed by atoms with van der Waals surface area (Å²) in [6, 6.07) is 8.66. The molecule has 1 heterocycles. The van der Waals surface area contributed by atoms with Crippen LogP contribution in [0.15, 0.2) is 47.4 Å². The van der Waals surface area contributed by atoms with Crippen molar-refractivity contribution < 1.29 is 21.6 Å². The number of nitrogens with zero attached hydrogens (tertiary/aromatic N) is 1. The van der Waals surface area contributed by atoms with Gasteiger partial charge in [0.15, 0.2) is 9.84 Å². The molecule has 2 aliphatic rings. The summed E-state index contributed by atoms with van der Waals surface area (Å²) in [5.74, 6) is 0. The zero-order chi connectivity index (χ0) is 20.3. The van der Waals surface area contributed by atoms with Crippen LogP contribution >= 0.6 is 23.4 Å². The van der Waals surface area contributed by atoms with Crippen molar-refractivity contribution in [2.75, 3.05) is 6.54 Å². The van der Waals surface area contributed by atoms with Crippen molar-refractivity contribution in [1.29, 1.82) is 0 Å². The van der Waals surface area contributed by atoms with Crippen molar-refractivity contribution in [3.63, 3.8) is 0 Å². The number of alkyl halides is 3. The van der Waals surface area contributed by atoms with Gasteiger partial charge in [-0.15, -0.1) is 0 Å². The van der Waals surface area contributed by atoms with E-state index < -0.39 is 32.4 Å². The topological polar surface area (TPSA) is 37.4 Å². The third-order valence-electron chi connectivity index (χ3n) is 5.75. The molecule has 0 N–H and O–H groups in total. The summed E-state index contributed by atoms with van der Waals surface area (Å²) in [7, 11) is -3.94. The van der Waals surface area contributed by atoms with Crippen molar-refractivity contribution in [3.05, 3.63) is 64.2 Å². The van der Waals surface area contributed by atoms with E-state index in [1.165, 1.54) is 34.8 Å². The zero-order valence-electron chi connectivity index (χ0n) is 14.5. The van der Waals surface area contributed by atoms with Gasteiger partial charge in [-0.25, -0.2) is 12.8 Å². The van der Waals surface area contributed by atoms with Crippen LogP contribution in [0.3, 0.4) is 0 Å². The number of benzene rings is 2. The lowest BCUT2D eigenvalue weighted by Crippen LogP contribution is -2.49. The van der Waals surface area contributed by atoms with E-state index in [9.17, 15) is 21.6 Å². The highest BCUT2D eigenvalue weighted by Gasteiger charge is 2.59. The SMILES string of the molecule is O=S(=O)(c1ccc(Cl)cc1)C12CCN(Cl)C1CCc1cc(C(F)(F)F)ccc12. The highest BCUT2D eigenvalue weighted by atomic mass is 35.5. The monoisotopic (exact) mass is 449 g/mol. The van der Waals surface area contributed by atoms with Crippen molar-refractivity contribution in [2.24, 2.45) is 0 Å². The summed E-state index contributed by atoms with van der Waals surface area (Å²) in [5, 5.41) is 0.400. The lowest BCUT2D eigenvalue weighted by molar-refractivity contribution is -0.137. The first-order valence-corrected chi connectivity index (χ1v) is 10.9. The fourth-order valence-corrected chi connectivity index (χ4v) is 7.37. The summed E-state index contributed by atoms with van der Waals surface area (Å²) in [6.45, 7) is 0.333. The molecule has 0 spiro atoms. The fourth-order valence-electron chi connectivity index (χ4n) is 4.47. The van der Waals surface area contributed by atoms with E-state index in [4.69, 9.17) is 23.4 Å². The van der Waals surface area contributed by atoms with Crippen LogP contribution in [0.4, 0.5) is 13.2 Å². The van der Waals surface area contributed by atoms with Crippen LogP contribution in [0.2, 0.25) is 5.02 Å². The molecule has 4 rings (SSSR count). The highest BCUT2D eigenvalue weighted by Crippen LogP contribution is 2.53. The van der Waals surface area contributed by atoms with Gasteiger partial charge in [0.1, 0.15) is 4.75 Å². The van der Waals surface area contributed by atoms with Crippen LogP contribution in [0, 0.1) is 0 Å². The van der Waals surface area contributed by atoms with Gasteiger partial charge in [0.2, 0.25) is 0 Å². The molecule has 150 valence electrons. The number of halogens is 5. The van der Waals surface area contributed by atoms with Gasteiger partial charge in [-0.2, -0.15) is 13.2 Å². The normalized spacial score (nSPS) is 25.4. The van der Waals surface area contributed by atoms with Crippen LogP contribution in [0.1, 0.15) is 29.5 Å². The molecular formula is C19H16Cl2F3NO2S. The van der Waals surface area contributed by atoms with Crippen molar-refractivity contribution in [1.82, 2.24) is 4.42 Å². The molecule has 2 aromatic rings. The summed E-state index contributed by atoms with van der Waals surface area (Å²) in [5.41, 5.74) is 0.0508. The molecule has 0 bridgehead atoms. The van der Waals surface area contributed by atoms with Gasteiger partial charge in [0.05, 0.1) is 10.5 Å². The van der Waals surface area contributed by atoms with E-state index in [0.717, 1.165) is 12.1 Å². The first kappa shape index (κ1) is 20.0. The lowest BCUT2D eigenvalue weighted by atomic mass is 9.78. The molecular weight excluding hydrogens is 434 g/mol. The minimum absolute atomic E-state index is 0.0848. The zero-order valence-corrected chi connectivity index (χ0v) is 16.8. The fraction of sp³-hybridized carbons (Fsp3) is 0.368. The Balaban J connectivity index is 1.94. The van der Waals surface area contributed by atoms with Gasteiger partial charge in [0, 0.05) is 17.6 Å². The Morgan fingerprint density at radius 3 is 2.43 bits per heavy atom. The summed E-state index contributed by atoms with van der Waals surface area (Å²) >= 11 is 12.2. The van der Waals surface area contributed by atoms with Crippen LogP contribution in [-0.2, 0) is 27.2 Å². The Kier molecular flexibility index (Phi) is 4.73. The van der Waals surface area contributed by atoms with Gasteiger partial charge in [-0.05, 0) is 78.6 Å². The molecule has 1 saturated heterocycles. The van der Waals surface area contributed by atoms with Gasteiger partial charge in [0.25, 0.3) is 0 Å². The van der Waals surface area contributed by atoms with Crippen LogP contribution < -0.4 is 0 Å². The molecule has 1 aliphatic heterocycles. The predicted octanol–water partition coefficient (Wildman–Crippen LogP) is 5.20. The molecule has 1 fully saturated rings. The Labute approximate surface area is 171 Å². The number of hydrogen-bond donors (Lipinski definition) is 0. The molecule has 9 heteroatoms. The molecule has 0 radical (unpaired) electrons. The van der Waals surface area contributed by atoms with E-state index in [1.807, 2.05) is 0 Å². The Hall–Kier alpha value is -1.28. The average molecular weight is 450 g/mol. The van der Waals surface area contributed by atoms with E-state index in [0.29, 0.717) is 35.5 Å². The first-order chi connectivity index (χ1) is 13.1. The molecule has 2 aromatic carbocycles. The summed E-state index contributed by atoms with van der Waals surface area (Å²) in [6.07, 6.45) is -3.57. The van der Waals surface area contributed by atoms with E-state index in [2.05, 4.69) is 0 Å². The maximum Gasteiger partial charge on any atom is 0.416 e. The molecule has 0 saturated carbocycles. The first-order valence-electron chi connectivity index (χ1n) is 8.70. The minimum atomic E-state index is -4.48. The Morgan fingerprint density at radius 1 is 1.11 bits per heavy atom. The quantitative estimate of drug-likeness (QED) is 0.591. The smallest absolute Gasteiger partial charge is 0.223 e. The number of rotatable bonds is 2. The molecule has 28 heavy (non-hydrogen) atoms. The third kappa shape index (κ3) is 2.86. The number of aryl methyl sites for hydroxylation is 1. The van der Waals surface area contributed by atoms with Crippen LogP contribution in [-0.4, -0.2) is 25.4 Å². The predicted molar refractivity (Wildman–Crippen MR) is 101 cm³/mol. The highest BCUT2D eigenvalue weighted by molar-refractivity contribution is 7.92. The van der Waals surface area contributed by atoms with Gasteiger partial charge >= 0.3 is 6.18 Å². The third-order valence-corrected chi connectivity index (χ3v) is 8.96. The Bertz CT molecular complexity index is 1020. The second-order valence-electron chi connectivity index (χ2n) is 7.14. The summed E-state index contributed by atoms with van der Waals surface area (Å²) in [4.78, 5) is 0.0848. The van der Waals surface area contributed by atoms with Gasteiger partial charge in [-0.3, -0.25) is 0 Å². The van der Waals surface area contributed by atoms with Crippen LogP contribution in [0.25, 0.3) is 0 Å². The molecule has 2 unspecified atom stereocenters. The molecule has 0 aromatic heterocycles. The largest absolute Gasteiger partial charge is 0.416 e. The second-order valence-corrected chi connectivity index (χ2v) is 10.2. The molecule has 2 atom stereocenters. The minimum Gasteiger partial charge on any atom is -0.223 e. The van der Waals surface area contributed by atoms with Crippen molar-refractivity contribution in [2.45, 2.75) is 41.1 Å². The summed E-state index contributed by atoms with van der Waals surface area (Å²) < 4.78 is 67.1. The van der Waals surface area contributed by atoms with Crippen molar-refractivity contribution in [3.8, 4) is 0 Å². The van der Waals surface area contributed by atoms with E-state index in [-0.39, 0.29) is 11.3 Å². The van der Waals surface area contributed by atoms with Crippen LogP contribution in [0.5, 0.6) is 0 Å². The van der Waals surface area contributed by atoms with Gasteiger partial charge < -0.3 is 0 Å². The molecule has 0 amide bonds. The number of hydrogen-bond acceptors (Lipinski definition) is 3. The van der Waals surface area contributed by atoms with Crippen molar-refractivity contribution >= 4 is 33.2 Å². The van der Waals surface area contributed by atoms with E-state index >= 15 is 0 Å². The number of sulfone groups is 1. The lowest BCUT2D eigenvalue weighted by Gasteiger charge is -2.41. The maximum absolute atomic E-state index is 13.7. The van der Waals surface area contributed by atoms with Gasteiger partial charge in [-0.1, -0.05) is 17.7 Å². The average Bonchev–Trinajstić information content (AvgIpc) is 2.99. The maximum atomic E-state index is 13.7. The second kappa shape index (κ2) is 6.62. The van der Waals surface area contributed by atoms with E-state index in [1.54, 1.807) is 0 Å². The Morgan fingerprint density at radius 2 is 1.79 bits per heavy atom. The number of fused-ring (bicyclic) bond motifs is 3. The standard InChI is InChI=1S/C19H16Cl2F3NO2S/c20-14-3-5-15(6-4-14)28(26,27)18-9-10-25(21)17(18)8-1-12-11-13(19(22,23)24)2-7-16(12)18/h2-7,11,17H,1,8-10H2.